The molecule has 0 atom stereocenters. The summed E-state index contributed by atoms with van der Waals surface area (Å²) in [5.74, 6) is -0.477. The number of unbranched alkanes of at least 4 members (excludes halogenated alkanes) is 1. The van der Waals surface area contributed by atoms with E-state index in [-0.39, 0.29) is 12.2 Å². The first-order valence-corrected chi connectivity index (χ1v) is 6.98. The minimum absolute atomic E-state index is 0.0793. The van der Waals surface area contributed by atoms with Gasteiger partial charge in [-0.15, -0.1) is 0 Å². The van der Waals surface area contributed by atoms with Gasteiger partial charge >= 0.3 is 5.97 Å². The second-order valence-electron chi connectivity index (χ2n) is 4.91. The highest BCUT2D eigenvalue weighted by Crippen LogP contribution is 2.17. The van der Waals surface area contributed by atoms with Crippen LogP contribution in [-0.4, -0.2) is 22.8 Å². The van der Waals surface area contributed by atoms with Crippen LogP contribution in [0.1, 0.15) is 36.5 Å². The molecule has 2 aromatic rings. The third kappa shape index (κ3) is 4.07. The molecule has 0 aliphatic heterocycles. The van der Waals surface area contributed by atoms with Crippen molar-refractivity contribution in [3.63, 3.8) is 0 Å². The van der Waals surface area contributed by atoms with Crippen LogP contribution in [0.4, 0.5) is 8.78 Å². The molecule has 1 heterocycles. The monoisotopic (exact) mass is 306 g/mol. The summed E-state index contributed by atoms with van der Waals surface area (Å²) in [6.07, 6.45) is 1.13. The van der Waals surface area contributed by atoms with E-state index >= 15 is 0 Å². The number of carbonyl (C=O) groups is 1. The topological polar surface area (TPSA) is 52.1 Å². The van der Waals surface area contributed by atoms with Crippen LogP contribution in [0.3, 0.4) is 0 Å². The molecule has 116 valence electrons. The third-order valence-corrected chi connectivity index (χ3v) is 3.27. The predicted octanol–water partition coefficient (Wildman–Crippen LogP) is 4.13. The molecule has 0 spiro atoms. The fourth-order valence-corrected chi connectivity index (χ4v) is 2.00. The average molecular weight is 306 g/mol. The van der Waals surface area contributed by atoms with Gasteiger partial charge in [0.2, 0.25) is 0 Å². The molecule has 0 fully saturated rings. The number of benzene rings is 1. The Morgan fingerprint density at radius 2 is 2.00 bits per heavy atom. The molecule has 22 heavy (non-hydrogen) atoms. The molecule has 0 radical (unpaired) electrons. The quantitative estimate of drug-likeness (QED) is 0.595. The second kappa shape index (κ2) is 7.59. The normalized spacial score (nSPS) is 10.5. The van der Waals surface area contributed by atoms with E-state index in [9.17, 15) is 13.6 Å². The highest BCUT2D eigenvalue weighted by atomic mass is 19.3. The number of hydrogen-bond donors (Lipinski definition) is 0. The molecular formula is C16H16F2N2O2. The SMILES string of the molecule is CC(CCCCOC(=O)c1cnnc2ccccc12)=C(F)F. The van der Waals surface area contributed by atoms with Crippen molar-refractivity contribution >= 4 is 16.9 Å². The molecule has 4 nitrogen and oxygen atoms in total. The lowest BCUT2D eigenvalue weighted by Crippen LogP contribution is -2.08. The summed E-state index contributed by atoms with van der Waals surface area (Å²) in [6.45, 7) is 1.59. The maximum absolute atomic E-state index is 12.2. The molecule has 0 amide bonds. The number of carbonyl (C=O) groups excluding carboxylic acids is 1. The van der Waals surface area contributed by atoms with Crippen molar-refractivity contribution in [3.05, 3.63) is 47.7 Å². The number of esters is 1. The van der Waals surface area contributed by atoms with E-state index in [0.717, 1.165) is 0 Å². The van der Waals surface area contributed by atoms with Gasteiger partial charge in [0.05, 0.1) is 23.9 Å². The molecule has 6 heteroatoms. The Hall–Kier alpha value is -2.37. The fourth-order valence-electron chi connectivity index (χ4n) is 2.00. The molecule has 0 N–H and O–H groups in total. The van der Waals surface area contributed by atoms with Crippen molar-refractivity contribution < 1.29 is 18.3 Å². The van der Waals surface area contributed by atoms with Crippen LogP contribution >= 0.6 is 0 Å². The summed E-state index contributed by atoms with van der Waals surface area (Å²) in [5, 5.41) is 8.40. The molecule has 0 saturated carbocycles. The second-order valence-corrected chi connectivity index (χ2v) is 4.91. The Kier molecular flexibility index (Phi) is 5.52. The highest BCUT2D eigenvalue weighted by Gasteiger charge is 2.12. The zero-order valence-corrected chi connectivity index (χ0v) is 12.2. The van der Waals surface area contributed by atoms with Crippen LogP contribution in [0.5, 0.6) is 0 Å². The van der Waals surface area contributed by atoms with Crippen LogP contribution in [0.2, 0.25) is 0 Å². The number of hydrogen-bond acceptors (Lipinski definition) is 4. The molecule has 0 saturated heterocycles. The van der Waals surface area contributed by atoms with Crippen molar-refractivity contribution in [2.24, 2.45) is 0 Å². The van der Waals surface area contributed by atoms with Crippen LogP contribution in [-0.2, 0) is 4.74 Å². The minimum atomic E-state index is -1.63. The number of fused-ring (bicyclic) bond motifs is 1. The van der Waals surface area contributed by atoms with Crippen molar-refractivity contribution in [1.29, 1.82) is 0 Å². The van der Waals surface area contributed by atoms with E-state index in [1.54, 1.807) is 18.2 Å². The summed E-state index contributed by atoms with van der Waals surface area (Å²) in [5.41, 5.74) is 1.06. The minimum Gasteiger partial charge on any atom is -0.462 e. The van der Waals surface area contributed by atoms with E-state index in [0.29, 0.717) is 35.7 Å². The van der Waals surface area contributed by atoms with Gasteiger partial charge in [0.1, 0.15) is 0 Å². The smallest absolute Gasteiger partial charge is 0.340 e. The number of rotatable bonds is 6. The summed E-state index contributed by atoms with van der Waals surface area (Å²) >= 11 is 0. The lowest BCUT2D eigenvalue weighted by atomic mass is 10.1. The number of allylic oxidation sites excluding steroid dienone is 1. The van der Waals surface area contributed by atoms with Crippen molar-refractivity contribution in [1.82, 2.24) is 10.2 Å². The van der Waals surface area contributed by atoms with Gasteiger partial charge in [-0.05, 0) is 37.8 Å². The van der Waals surface area contributed by atoms with E-state index in [4.69, 9.17) is 4.74 Å². The molecule has 0 bridgehead atoms. The molecule has 1 aromatic carbocycles. The Bertz CT molecular complexity index is 692. The standard InChI is InChI=1S/C16H16F2N2O2/c1-11(15(17)18)6-4-5-9-22-16(21)13-10-19-20-14-8-3-2-7-12(13)14/h2-3,7-8,10H,4-6,9H2,1H3. The summed E-state index contributed by atoms with van der Waals surface area (Å²) in [6, 6.07) is 7.16. The van der Waals surface area contributed by atoms with Gasteiger partial charge in [0.25, 0.3) is 6.08 Å². The molecule has 0 aliphatic rings. The van der Waals surface area contributed by atoms with Crippen LogP contribution in [0.15, 0.2) is 42.1 Å². The van der Waals surface area contributed by atoms with E-state index in [1.165, 1.54) is 13.1 Å². The first-order valence-electron chi connectivity index (χ1n) is 6.98. The lowest BCUT2D eigenvalue weighted by Gasteiger charge is -2.06. The largest absolute Gasteiger partial charge is 0.462 e. The van der Waals surface area contributed by atoms with Crippen molar-refractivity contribution in [2.75, 3.05) is 6.61 Å². The highest BCUT2D eigenvalue weighted by molar-refractivity contribution is 6.02. The molecule has 1 aromatic heterocycles. The molecule has 0 unspecified atom stereocenters. The Morgan fingerprint density at radius 3 is 2.77 bits per heavy atom. The van der Waals surface area contributed by atoms with Gasteiger partial charge in [-0.2, -0.15) is 19.0 Å². The average Bonchev–Trinajstić information content (AvgIpc) is 2.53. The molecule has 0 aliphatic carbocycles. The third-order valence-electron chi connectivity index (χ3n) is 3.27. The number of nitrogens with zero attached hydrogens (tertiary/aromatic N) is 2. The number of halogens is 2. The first kappa shape index (κ1) is 16.0. The maximum atomic E-state index is 12.2. The van der Waals surface area contributed by atoms with Gasteiger partial charge in [-0.1, -0.05) is 18.2 Å². The Labute approximate surface area is 126 Å². The summed E-state index contributed by atoms with van der Waals surface area (Å²) in [7, 11) is 0. The Balaban J connectivity index is 1.88. The van der Waals surface area contributed by atoms with E-state index < -0.39 is 12.0 Å². The lowest BCUT2D eigenvalue weighted by molar-refractivity contribution is 0.0500. The van der Waals surface area contributed by atoms with E-state index in [1.807, 2.05) is 6.07 Å². The zero-order valence-electron chi connectivity index (χ0n) is 12.2. The summed E-state index contributed by atoms with van der Waals surface area (Å²) < 4.78 is 29.6. The van der Waals surface area contributed by atoms with Gasteiger partial charge in [0, 0.05) is 5.39 Å². The summed E-state index contributed by atoms with van der Waals surface area (Å²) in [4.78, 5) is 12.0. The van der Waals surface area contributed by atoms with Crippen LogP contribution < -0.4 is 0 Å². The van der Waals surface area contributed by atoms with Gasteiger partial charge in [0.15, 0.2) is 0 Å². The first-order chi connectivity index (χ1) is 10.6. The van der Waals surface area contributed by atoms with Gasteiger partial charge in [-0.3, -0.25) is 0 Å². The Morgan fingerprint density at radius 1 is 1.23 bits per heavy atom. The van der Waals surface area contributed by atoms with Gasteiger partial charge < -0.3 is 4.74 Å². The van der Waals surface area contributed by atoms with Crippen LogP contribution in [0, 0.1) is 0 Å². The number of ether oxygens (including phenoxy) is 1. The van der Waals surface area contributed by atoms with Crippen LogP contribution in [0.25, 0.3) is 10.9 Å². The van der Waals surface area contributed by atoms with Crippen molar-refractivity contribution in [3.8, 4) is 0 Å². The number of aromatic nitrogens is 2. The predicted molar refractivity (Wildman–Crippen MR) is 78.6 cm³/mol. The van der Waals surface area contributed by atoms with E-state index in [2.05, 4.69) is 10.2 Å². The maximum Gasteiger partial charge on any atom is 0.340 e. The van der Waals surface area contributed by atoms with Crippen molar-refractivity contribution in [2.45, 2.75) is 26.2 Å². The fraction of sp³-hybridized carbons (Fsp3) is 0.312. The zero-order chi connectivity index (χ0) is 15.9. The molecular weight excluding hydrogens is 290 g/mol. The molecule has 2 rings (SSSR count). The van der Waals surface area contributed by atoms with Gasteiger partial charge in [-0.25, -0.2) is 4.79 Å².